The number of hydrogen-bond donors (Lipinski definition) is 0. The molecular weight excluding hydrogens is 421 g/mol. The smallest absolute Gasteiger partial charge is 0.422 e. The van der Waals surface area contributed by atoms with E-state index in [2.05, 4.69) is 20.9 Å². The third kappa shape index (κ3) is 3.74. The highest BCUT2D eigenvalue weighted by atomic mass is 79.9. The fourth-order valence-electron chi connectivity index (χ4n) is 2.55. The monoisotopic (exact) mass is 438 g/mol. The maximum atomic E-state index is 12.7. The van der Waals surface area contributed by atoms with Gasteiger partial charge in [-0.3, -0.25) is 0 Å². The second-order valence-corrected chi connectivity index (χ2v) is 6.11. The van der Waals surface area contributed by atoms with Crippen LogP contribution in [0.1, 0.15) is 30.0 Å². The first kappa shape index (κ1) is 20.3. The zero-order chi connectivity index (χ0) is 19.6. The van der Waals surface area contributed by atoms with Crippen molar-refractivity contribution in [2.45, 2.75) is 26.4 Å². The van der Waals surface area contributed by atoms with Gasteiger partial charge in [-0.15, -0.1) is 0 Å². The molecule has 26 heavy (non-hydrogen) atoms. The molecule has 0 amide bonds. The Kier molecular flexibility index (Phi) is 6.05. The average molecular weight is 439 g/mol. The molecule has 2 rings (SSSR count). The predicted molar refractivity (Wildman–Crippen MR) is 91.9 cm³/mol. The van der Waals surface area contributed by atoms with Crippen molar-refractivity contribution in [2.75, 3.05) is 20.3 Å². The highest BCUT2D eigenvalue weighted by molar-refractivity contribution is 9.10. The number of rotatable bonds is 6. The lowest BCUT2D eigenvalue weighted by Gasteiger charge is -2.12. The number of aromatic nitrogens is 2. The lowest BCUT2D eigenvalue weighted by molar-refractivity contribution is -0.153. The minimum atomic E-state index is -4.57. The molecule has 10 heteroatoms. The van der Waals surface area contributed by atoms with Gasteiger partial charge in [0.25, 0.3) is 0 Å². The number of nitrogens with zero attached hydrogens (tertiary/aromatic N) is 2. The minimum Gasteiger partial charge on any atom is -0.495 e. The number of ether oxygens (including phenoxy) is 3. The number of esters is 1. The first-order valence-corrected chi connectivity index (χ1v) is 8.56. The number of pyridine rings is 1. The fourth-order valence-corrected chi connectivity index (χ4v) is 3.28. The van der Waals surface area contributed by atoms with E-state index >= 15 is 0 Å². The van der Waals surface area contributed by atoms with Crippen molar-refractivity contribution >= 4 is 32.9 Å². The third-order valence-corrected chi connectivity index (χ3v) is 4.45. The summed E-state index contributed by atoms with van der Waals surface area (Å²) in [6, 6.07) is 0. The normalized spacial score (nSPS) is 11.7. The summed E-state index contributed by atoms with van der Waals surface area (Å²) in [5.74, 6) is -0.831. The molecule has 0 unspecified atom stereocenters. The Hall–Kier alpha value is -1.97. The molecule has 2 aromatic rings. The molecular formula is C16H18BrF3N2O4. The molecule has 0 aliphatic heterocycles. The van der Waals surface area contributed by atoms with Gasteiger partial charge in [0.15, 0.2) is 18.1 Å². The largest absolute Gasteiger partial charge is 0.495 e. The van der Waals surface area contributed by atoms with Crippen molar-refractivity contribution in [3.63, 3.8) is 0 Å². The van der Waals surface area contributed by atoms with E-state index in [0.29, 0.717) is 16.6 Å². The van der Waals surface area contributed by atoms with Gasteiger partial charge in [0.2, 0.25) is 0 Å². The van der Waals surface area contributed by atoms with E-state index in [1.54, 1.807) is 6.92 Å². The van der Waals surface area contributed by atoms with Crippen molar-refractivity contribution in [1.82, 2.24) is 9.55 Å². The predicted octanol–water partition coefficient (Wildman–Crippen LogP) is 4.02. The van der Waals surface area contributed by atoms with Gasteiger partial charge in [0, 0.05) is 7.05 Å². The molecule has 144 valence electrons. The highest BCUT2D eigenvalue weighted by Gasteiger charge is 2.34. The zero-order valence-corrected chi connectivity index (χ0v) is 16.2. The molecule has 2 aromatic heterocycles. The quantitative estimate of drug-likeness (QED) is 0.637. The van der Waals surface area contributed by atoms with Gasteiger partial charge in [-0.2, -0.15) is 13.2 Å². The Morgan fingerprint density at radius 2 is 1.92 bits per heavy atom. The van der Waals surface area contributed by atoms with E-state index in [1.165, 1.54) is 18.7 Å². The molecule has 0 atom stereocenters. The standard InChI is InChI=1S/C16H18BrF3N2O4/c1-5-8-10(17)12(24-4)9-13(26-7-16(18,19)20)11(15(23)25-6-2)22(3)14(9)21-8/h5-7H2,1-4H3. The summed E-state index contributed by atoms with van der Waals surface area (Å²) >= 11 is 3.36. The van der Waals surface area contributed by atoms with E-state index in [-0.39, 0.29) is 34.8 Å². The number of halogens is 4. The average Bonchev–Trinajstić information content (AvgIpc) is 2.84. The lowest BCUT2D eigenvalue weighted by Crippen LogP contribution is -2.20. The van der Waals surface area contributed by atoms with Gasteiger partial charge in [0.05, 0.1) is 23.9 Å². The maximum absolute atomic E-state index is 12.7. The van der Waals surface area contributed by atoms with Gasteiger partial charge in [-0.05, 0) is 29.3 Å². The van der Waals surface area contributed by atoms with Gasteiger partial charge in [-0.25, -0.2) is 9.78 Å². The number of carbonyl (C=O) groups is 1. The van der Waals surface area contributed by atoms with Crippen LogP contribution in [0.4, 0.5) is 13.2 Å². The molecule has 6 nitrogen and oxygen atoms in total. The highest BCUT2D eigenvalue weighted by Crippen LogP contribution is 2.44. The molecule has 0 fully saturated rings. The van der Waals surface area contributed by atoms with Gasteiger partial charge in [-0.1, -0.05) is 6.92 Å². The molecule has 0 N–H and O–H groups in total. The fraction of sp³-hybridized carbons (Fsp3) is 0.500. The van der Waals surface area contributed by atoms with Crippen molar-refractivity contribution in [3.8, 4) is 11.5 Å². The second-order valence-electron chi connectivity index (χ2n) is 5.32. The number of carbonyl (C=O) groups excluding carboxylic acids is 1. The summed E-state index contributed by atoms with van der Waals surface area (Å²) in [7, 11) is 2.89. The van der Waals surface area contributed by atoms with Crippen molar-refractivity contribution < 1.29 is 32.2 Å². The molecule has 0 spiro atoms. The summed E-state index contributed by atoms with van der Waals surface area (Å²) in [6.07, 6.45) is -4.03. The topological polar surface area (TPSA) is 62.6 Å². The van der Waals surface area contributed by atoms with E-state index in [9.17, 15) is 18.0 Å². The Bertz CT molecular complexity index is 833. The zero-order valence-electron chi connectivity index (χ0n) is 14.7. The van der Waals surface area contributed by atoms with E-state index in [4.69, 9.17) is 14.2 Å². The summed E-state index contributed by atoms with van der Waals surface area (Å²) in [5, 5.41) is 0.173. The van der Waals surface area contributed by atoms with Gasteiger partial charge in [0.1, 0.15) is 16.8 Å². The van der Waals surface area contributed by atoms with Crippen LogP contribution in [-0.4, -0.2) is 42.0 Å². The van der Waals surface area contributed by atoms with Crippen LogP contribution in [0, 0.1) is 0 Å². The van der Waals surface area contributed by atoms with Crippen LogP contribution in [0.3, 0.4) is 0 Å². The van der Waals surface area contributed by atoms with Crippen molar-refractivity contribution in [2.24, 2.45) is 7.05 Å². The first-order chi connectivity index (χ1) is 12.2. The summed E-state index contributed by atoms with van der Waals surface area (Å²) in [4.78, 5) is 16.8. The van der Waals surface area contributed by atoms with Crippen molar-refractivity contribution in [1.29, 1.82) is 0 Å². The minimum absolute atomic E-state index is 0.0630. The van der Waals surface area contributed by atoms with Crippen LogP contribution in [-0.2, 0) is 18.2 Å². The summed E-state index contributed by atoms with van der Waals surface area (Å²) in [5.41, 5.74) is 0.743. The van der Waals surface area contributed by atoms with Crippen LogP contribution in [0.25, 0.3) is 11.0 Å². The summed E-state index contributed by atoms with van der Waals surface area (Å²) in [6.45, 7) is 1.97. The summed E-state index contributed by atoms with van der Waals surface area (Å²) < 4.78 is 55.3. The van der Waals surface area contributed by atoms with Crippen LogP contribution in [0.5, 0.6) is 11.5 Å². The number of hydrogen-bond acceptors (Lipinski definition) is 5. The molecule has 0 saturated heterocycles. The Morgan fingerprint density at radius 1 is 1.27 bits per heavy atom. The second kappa shape index (κ2) is 7.73. The lowest BCUT2D eigenvalue weighted by atomic mass is 10.2. The molecule has 0 aliphatic carbocycles. The first-order valence-electron chi connectivity index (χ1n) is 7.77. The molecule has 2 heterocycles. The number of fused-ring (bicyclic) bond motifs is 1. The van der Waals surface area contributed by atoms with Crippen LogP contribution in [0.2, 0.25) is 0 Å². The molecule has 0 bridgehead atoms. The maximum Gasteiger partial charge on any atom is 0.422 e. The molecule has 0 aromatic carbocycles. The van der Waals surface area contributed by atoms with Crippen molar-refractivity contribution in [3.05, 3.63) is 15.9 Å². The Labute approximate surface area is 156 Å². The van der Waals surface area contributed by atoms with Gasteiger partial charge >= 0.3 is 12.1 Å². The van der Waals surface area contributed by atoms with Crippen LogP contribution < -0.4 is 9.47 Å². The number of alkyl halides is 3. The van der Waals surface area contributed by atoms with E-state index < -0.39 is 18.8 Å². The SMILES string of the molecule is CCOC(=O)c1c(OCC(F)(F)F)c2c(OC)c(Br)c(CC)nc2n1C. The van der Waals surface area contributed by atoms with E-state index in [1.807, 2.05) is 6.92 Å². The molecule has 0 saturated carbocycles. The number of methoxy groups -OCH3 is 1. The Balaban J connectivity index is 2.82. The molecule has 0 aliphatic rings. The van der Waals surface area contributed by atoms with Crippen LogP contribution >= 0.6 is 15.9 Å². The molecule has 0 radical (unpaired) electrons. The Morgan fingerprint density at radius 3 is 2.42 bits per heavy atom. The third-order valence-electron chi connectivity index (χ3n) is 3.63. The van der Waals surface area contributed by atoms with E-state index in [0.717, 1.165) is 0 Å². The number of aryl methyl sites for hydroxylation is 2. The van der Waals surface area contributed by atoms with Gasteiger partial charge < -0.3 is 18.8 Å². The van der Waals surface area contributed by atoms with Crippen LogP contribution in [0.15, 0.2) is 4.47 Å².